The first-order chi connectivity index (χ1) is 12.3. The lowest BCUT2D eigenvalue weighted by molar-refractivity contribution is -0.119. The van der Waals surface area contributed by atoms with Gasteiger partial charge in [0.15, 0.2) is 0 Å². The van der Waals surface area contributed by atoms with Crippen molar-refractivity contribution in [2.75, 3.05) is 16.8 Å². The highest BCUT2D eigenvalue weighted by Gasteiger charge is 2.13. The molecule has 2 N–H and O–H groups in total. The molecule has 0 heterocycles. The molecule has 0 spiro atoms. The van der Waals surface area contributed by atoms with Gasteiger partial charge in [0.1, 0.15) is 0 Å². The highest BCUT2D eigenvalue weighted by atomic mass is 35.5. The van der Waals surface area contributed by atoms with Crippen LogP contribution in [-0.4, -0.2) is 23.3 Å². The molecule has 0 bridgehead atoms. The average molecular weight is 411 g/mol. The fraction of sp³-hybridized carbons (Fsp3) is 0.263. The van der Waals surface area contributed by atoms with E-state index in [1.807, 2.05) is 38.1 Å². The molecule has 0 aliphatic carbocycles. The molecule has 0 aromatic heterocycles. The topological polar surface area (TPSA) is 58.2 Å². The standard InChI is InChI=1S/C19H20Cl2N2O2S/c1-12-4-3-5-15(8-12)23-19(25)11-26-10-18(24)22-13(2)16-7-6-14(20)9-17(16)21/h3-9,13H,10-11H2,1-2H3,(H,22,24)(H,23,25). The second-order valence-electron chi connectivity index (χ2n) is 5.87. The van der Waals surface area contributed by atoms with Gasteiger partial charge in [0.2, 0.25) is 11.8 Å². The number of nitrogens with one attached hydrogen (secondary N) is 2. The fourth-order valence-electron chi connectivity index (χ4n) is 2.37. The molecule has 2 aromatic rings. The molecular weight excluding hydrogens is 391 g/mol. The van der Waals surface area contributed by atoms with Crippen LogP contribution in [-0.2, 0) is 9.59 Å². The van der Waals surface area contributed by atoms with E-state index in [-0.39, 0.29) is 29.4 Å². The minimum absolute atomic E-state index is 0.137. The normalized spacial score (nSPS) is 11.7. The Morgan fingerprint density at radius 2 is 1.81 bits per heavy atom. The summed E-state index contributed by atoms with van der Waals surface area (Å²) >= 11 is 13.3. The molecule has 2 aromatic carbocycles. The Morgan fingerprint density at radius 1 is 1.08 bits per heavy atom. The molecule has 0 saturated carbocycles. The quantitative estimate of drug-likeness (QED) is 0.685. The second kappa shape index (κ2) is 9.86. The van der Waals surface area contributed by atoms with Gasteiger partial charge in [0.25, 0.3) is 0 Å². The van der Waals surface area contributed by atoms with E-state index in [9.17, 15) is 9.59 Å². The lowest BCUT2D eigenvalue weighted by Crippen LogP contribution is -2.29. The molecule has 7 heteroatoms. The number of hydrogen-bond donors (Lipinski definition) is 2. The van der Waals surface area contributed by atoms with Crippen molar-refractivity contribution in [1.82, 2.24) is 5.32 Å². The van der Waals surface area contributed by atoms with Gasteiger partial charge in [-0.25, -0.2) is 0 Å². The molecule has 0 aliphatic heterocycles. The summed E-state index contributed by atoms with van der Waals surface area (Å²) in [5.74, 6) is 0.105. The second-order valence-corrected chi connectivity index (χ2v) is 7.69. The van der Waals surface area contributed by atoms with E-state index in [1.54, 1.807) is 18.2 Å². The number of anilines is 1. The molecular formula is C19H20Cl2N2O2S. The van der Waals surface area contributed by atoms with Gasteiger partial charge in [-0.1, -0.05) is 41.4 Å². The summed E-state index contributed by atoms with van der Waals surface area (Å²) < 4.78 is 0. The number of aryl methyl sites for hydroxylation is 1. The third-order valence-electron chi connectivity index (χ3n) is 3.57. The van der Waals surface area contributed by atoms with Crippen LogP contribution in [0.2, 0.25) is 10.0 Å². The number of rotatable bonds is 7. The largest absolute Gasteiger partial charge is 0.349 e. The van der Waals surface area contributed by atoms with Crippen LogP contribution < -0.4 is 10.6 Å². The Morgan fingerprint density at radius 3 is 2.50 bits per heavy atom. The predicted octanol–water partition coefficient (Wildman–Crippen LogP) is 4.85. The highest BCUT2D eigenvalue weighted by Crippen LogP contribution is 2.26. The number of hydrogen-bond acceptors (Lipinski definition) is 3. The van der Waals surface area contributed by atoms with Crippen molar-refractivity contribution in [2.45, 2.75) is 19.9 Å². The summed E-state index contributed by atoms with van der Waals surface area (Å²) in [5, 5.41) is 6.74. The number of carbonyl (C=O) groups is 2. The minimum Gasteiger partial charge on any atom is -0.349 e. The van der Waals surface area contributed by atoms with Crippen molar-refractivity contribution in [3.8, 4) is 0 Å². The summed E-state index contributed by atoms with van der Waals surface area (Å²) in [4.78, 5) is 24.0. The van der Waals surface area contributed by atoms with E-state index >= 15 is 0 Å². The van der Waals surface area contributed by atoms with Crippen LogP contribution in [0.1, 0.15) is 24.1 Å². The van der Waals surface area contributed by atoms with Crippen LogP contribution in [0.5, 0.6) is 0 Å². The smallest absolute Gasteiger partial charge is 0.234 e. The Bertz CT molecular complexity index is 799. The third-order valence-corrected chi connectivity index (χ3v) is 5.07. The van der Waals surface area contributed by atoms with Crippen LogP contribution in [0.25, 0.3) is 0 Å². The first-order valence-corrected chi connectivity index (χ1v) is 9.95. The minimum atomic E-state index is -0.242. The van der Waals surface area contributed by atoms with E-state index in [0.717, 1.165) is 16.8 Å². The van der Waals surface area contributed by atoms with Gasteiger partial charge in [-0.2, -0.15) is 0 Å². The molecule has 138 valence electrons. The number of thioether (sulfide) groups is 1. The SMILES string of the molecule is Cc1cccc(NC(=O)CSCC(=O)NC(C)c2ccc(Cl)cc2Cl)c1. The maximum Gasteiger partial charge on any atom is 0.234 e. The maximum absolute atomic E-state index is 12.1. The number of carbonyl (C=O) groups excluding carboxylic acids is 2. The van der Waals surface area contributed by atoms with Crippen molar-refractivity contribution < 1.29 is 9.59 Å². The fourth-order valence-corrected chi connectivity index (χ4v) is 3.57. The van der Waals surface area contributed by atoms with E-state index in [0.29, 0.717) is 10.0 Å². The van der Waals surface area contributed by atoms with Crippen LogP contribution in [0.15, 0.2) is 42.5 Å². The molecule has 2 rings (SSSR count). The molecule has 0 aliphatic rings. The summed E-state index contributed by atoms with van der Waals surface area (Å²) in [6.45, 7) is 3.81. The summed E-state index contributed by atoms with van der Waals surface area (Å²) in [6.07, 6.45) is 0. The Kier molecular flexibility index (Phi) is 7.82. The Labute approximate surface area is 167 Å². The van der Waals surface area contributed by atoms with Gasteiger partial charge in [-0.3, -0.25) is 9.59 Å². The summed E-state index contributed by atoms with van der Waals surface area (Å²) in [5.41, 5.74) is 2.63. The Balaban J connectivity index is 1.75. The average Bonchev–Trinajstić information content (AvgIpc) is 2.54. The third kappa shape index (κ3) is 6.56. The van der Waals surface area contributed by atoms with Gasteiger partial charge in [0.05, 0.1) is 17.5 Å². The first kappa shape index (κ1) is 20.6. The van der Waals surface area contributed by atoms with Crippen molar-refractivity contribution in [3.63, 3.8) is 0 Å². The van der Waals surface area contributed by atoms with E-state index < -0.39 is 0 Å². The predicted molar refractivity (Wildman–Crippen MR) is 110 cm³/mol. The van der Waals surface area contributed by atoms with E-state index in [4.69, 9.17) is 23.2 Å². The van der Waals surface area contributed by atoms with E-state index in [1.165, 1.54) is 11.8 Å². The zero-order valence-corrected chi connectivity index (χ0v) is 16.8. The maximum atomic E-state index is 12.1. The summed E-state index contributed by atoms with van der Waals surface area (Å²) in [6, 6.07) is 12.5. The van der Waals surface area contributed by atoms with Crippen molar-refractivity contribution in [1.29, 1.82) is 0 Å². The first-order valence-electron chi connectivity index (χ1n) is 8.03. The molecule has 1 unspecified atom stereocenters. The van der Waals surface area contributed by atoms with Gasteiger partial charge in [-0.15, -0.1) is 11.8 Å². The van der Waals surface area contributed by atoms with E-state index in [2.05, 4.69) is 10.6 Å². The monoisotopic (exact) mass is 410 g/mol. The molecule has 1 atom stereocenters. The Hall–Kier alpha value is -1.69. The molecule has 2 amide bonds. The zero-order valence-electron chi connectivity index (χ0n) is 14.5. The molecule has 0 saturated heterocycles. The summed E-state index contributed by atoms with van der Waals surface area (Å²) in [7, 11) is 0. The molecule has 4 nitrogen and oxygen atoms in total. The van der Waals surface area contributed by atoms with Gasteiger partial charge < -0.3 is 10.6 Å². The van der Waals surface area contributed by atoms with Crippen LogP contribution in [0, 0.1) is 6.92 Å². The zero-order chi connectivity index (χ0) is 19.1. The highest BCUT2D eigenvalue weighted by molar-refractivity contribution is 8.00. The van der Waals surface area contributed by atoms with Crippen LogP contribution in [0.3, 0.4) is 0 Å². The molecule has 0 fully saturated rings. The van der Waals surface area contributed by atoms with Crippen LogP contribution >= 0.6 is 35.0 Å². The van der Waals surface area contributed by atoms with Crippen molar-refractivity contribution in [3.05, 3.63) is 63.6 Å². The number of halogens is 2. The van der Waals surface area contributed by atoms with Crippen molar-refractivity contribution >= 4 is 52.5 Å². The molecule has 0 radical (unpaired) electrons. The van der Waals surface area contributed by atoms with Gasteiger partial charge in [-0.05, 0) is 49.2 Å². The number of benzene rings is 2. The van der Waals surface area contributed by atoms with Crippen molar-refractivity contribution in [2.24, 2.45) is 0 Å². The van der Waals surface area contributed by atoms with Gasteiger partial charge >= 0.3 is 0 Å². The van der Waals surface area contributed by atoms with Gasteiger partial charge in [0, 0.05) is 15.7 Å². The number of amides is 2. The lowest BCUT2D eigenvalue weighted by atomic mass is 10.1. The lowest BCUT2D eigenvalue weighted by Gasteiger charge is -2.16. The molecule has 26 heavy (non-hydrogen) atoms. The van der Waals surface area contributed by atoms with Crippen LogP contribution in [0.4, 0.5) is 5.69 Å².